The Balaban J connectivity index is 1.28. The van der Waals surface area contributed by atoms with E-state index in [0.717, 1.165) is 5.56 Å². The van der Waals surface area contributed by atoms with Gasteiger partial charge in [0.15, 0.2) is 17.7 Å². The van der Waals surface area contributed by atoms with E-state index < -0.39 is 35.4 Å². The Morgan fingerprint density at radius 1 is 1.00 bits per heavy atom. The number of nitrogens with two attached hydrogens (primary N) is 1. The van der Waals surface area contributed by atoms with Gasteiger partial charge in [0, 0.05) is 13.1 Å². The molecule has 0 spiro atoms. The zero-order valence-electron chi connectivity index (χ0n) is 17.3. The van der Waals surface area contributed by atoms with Crippen LogP contribution in [0.3, 0.4) is 0 Å². The van der Waals surface area contributed by atoms with Gasteiger partial charge in [0.05, 0.1) is 6.33 Å². The molecule has 1 fully saturated rings. The fourth-order valence-corrected chi connectivity index (χ4v) is 3.90. The number of aliphatic hydroxyl groups excluding tert-OH is 2. The number of nitrogens with one attached hydrogen (secondary N) is 2. The standard InChI is InChI=1S/C21H21N7O5/c22-19-14-20(26-8-25-19)28(9-27-14)21-18(32)15(29)11(33-21)7-24-13-12(16(30)17(13)31)23-6-10-4-2-1-3-5-10/h1-5,8-9,11,15,18,21,23-24,29,32H,6-7H2,(H2,22,25,26)/t11-,15-,18-,21-/m1/s1. The number of aromatic nitrogens is 4. The number of fused-ring (bicyclic) bond motifs is 1. The SMILES string of the molecule is Nc1ncnc2c1ncn2[C@@H]1O[C@H](CNc2c(NCc3ccccc3)c(=O)c2=O)[C@@H](O)[C@H]1O. The molecular formula is C21H21N7O5. The highest BCUT2D eigenvalue weighted by molar-refractivity contribution is 5.81. The van der Waals surface area contributed by atoms with Crippen molar-refractivity contribution in [1.29, 1.82) is 0 Å². The summed E-state index contributed by atoms with van der Waals surface area (Å²) in [6.45, 7) is 0.367. The highest BCUT2D eigenvalue weighted by Gasteiger charge is 2.44. The summed E-state index contributed by atoms with van der Waals surface area (Å²) >= 11 is 0. The Bertz CT molecular complexity index is 1370. The monoisotopic (exact) mass is 451 g/mol. The van der Waals surface area contributed by atoms with Crippen molar-refractivity contribution in [3.05, 3.63) is 69.0 Å². The molecule has 1 aliphatic heterocycles. The van der Waals surface area contributed by atoms with Gasteiger partial charge >= 0.3 is 0 Å². The predicted octanol–water partition coefficient (Wildman–Crippen LogP) is -0.652. The maximum Gasteiger partial charge on any atom is 0.253 e. The van der Waals surface area contributed by atoms with Crippen LogP contribution in [0.2, 0.25) is 0 Å². The summed E-state index contributed by atoms with van der Waals surface area (Å²) in [5, 5.41) is 26.9. The second-order valence-corrected chi connectivity index (χ2v) is 7.76. The lowest BCUT2D eigenvalue weighted by molar-refractivity contribution is -0.0312. The van der Waals surface area contributed by atoms with Gasteiger partial charge in [-0.3, -0.25) is 14.2 Å². The third kappa shape index (κ3) is 3.59. The van der Waals surface area contributed by atoms with E-state index >= 15 is 0 Å². The predicted molar refractivity (Wildman–Crippen MR) is 119 cm³/mol. The van der Waals surface area contributed by atoms with Crippen molar-refractivity contribution >= 4 is 28.4 Å². The number of ether oxygens (including phenoxy) is 1. The first-order valence-electron chi connectivity index (χ1n) is 10.2. The lowest BCUT2D eigenvalue weighted by atomic mass is 10.1. The number of nitrogen functional groups attached to an aromatic ring is 1. The van der Waals surface area contributed by atoms with Gasteiger partial charge < -0.3 is 31.3 Å². The Kier molecular flexibility index (Phi) is 5.24. The molecule has 170 valence electrons. The summed E-state index contributed by atoms with van der Waals surface area (Å²) in [6, 6.07) is 9.44. The van der Waals surface area contributed by atoms with Gasteiger partial charge in [-0.05, 0) is 5.56 Å². The molecule has 0 amide bonds. The van der Waals surface area contributed by atoms with E-state index in [4.69, 9.17) is 10.5 Å². The van der Waals surface area contributed by atoms with Gasteiger partial charge in [-0.15, -0.1) is 0 Å². The van der Waals surface area contributed by atoms with Crippen molar-refractivity contribution in [2.45, 2.75) is 31.1 Å². The van der Waals surface area contributed by atoms with Crippen molar-refractivity contribution in [2.24, 2.45) is 0 Å². The lowest BCUT2D eigenvalue weighted by Gasteiger charge is -2.19. The summed E-state index contributed by atoms with van der Waals surface area (Å²) in [5.74, 6) is 0.181. The van der Waals surface area contributed by atoms with Crippen molar-refractivity contribution in [1.82, 2.24) is 19.5 Å². The Morgan fingerprint density at radius 3 is 2.48 bits per heavy atom. The molecule has 3 heterocycles. The first kappa shape index (κ1) is 21.0. The largest absolute Gasteiger partial charge is 0.387 e. The van der Waals surface area contributed by atoms with E-state index in [0.29, 0.717) is 17.7 Å². The third-order valence-electron chi connectivity index (χ3n) is 5.70. The third-order valence-corrected chi connectivity index (χ3v) is 5.70. The topological polar surface area (TPSA) is 178 Å². The zero-order valence-corrected chi connectivity index (χ0v) is 17.3. The minimum absolute atomic E-state index is 0.0106. The van der Waals surface area contributed by atoms with Gasteiger partial charge in [0.1, 0.15) is 41.5 Å². The molecule has 4 aromatic rings. The molecule has 1 aliphatic rings. The molecular weight excluding hydrogens is 430 g/mol. The quantitative estimate of drug-likeness (QED) is 0.225. The summed E-state index contributed by atoms with van der Waals surface area (Å²) in [5.41, 5.74) is 6.50. The minimum Gasteiger partial charge on any atom is -0.387 e. The summed E-state index contributed by atoms with van der Waals surface area (Å²) in [7, 11) is 0. The van der Waals surface area contributed by atoms with E-state index in [1.54, 1.807) is 0 Å². The first-order valence-corrected chi connectivity index (χ1v) is 10.2. The number of hydrogen-bond donors (Lipinski definition) is 5. The smallest absolute Gasteiger partial charge is 0.253 e. The van der Waals surface area contributed by atoms with Crippen LogP contribution in [0.4, 0.5) is 17.2 Å². The van der Waals surface area contributed by atoms with Gasteiger partial charge in [-0.2, -0.15) is 0 Å². The second-order valence-electron chi connectivity index (χ2n) is 7.76. The van der Waals surface area contributed by atoms with Crippen LogP contribution in [0, 0.1) is 0 Å². The summed E-state index contributed by atoms with van der Waals surface area (Å²) in [6.07, 6.45) is -1.72. The summed E-state index contributed by atoms with van der Waals surface area (Å²) in [4.78, 5) is 36.2. The maximum absolute atomic E-state index is 12.1. The number of nitrogens with zero attached hydrogens (tertiary/aromatic N) is 4. The van der Waals surface area contributed by atoms with E-state index in [1.807, 2.05) is 30.3 Å². The van der Waals surface area contributed by atoms with Gasteiger partial charge in [0.2, 0.25) is 0 Å². The van der Waals surface area contributed by atoms with Crippen molar-refractivity contribution < 1.29 is 14.9 Å². The van der Waals surface area contributed by atoms with Gasteiger partial charge in [0.25, 0.3) is 10.9 Å². The van der Waals surface area contributed by atoms with Gasteiger partial charge in [-0.1, -0.05) is 30.3 Å². The Labute approximate surface area is 186 Å². The summed E-state index contributed by atoms with van der Waals surface area (Å²) < 4.78 is 7.31. The van der Waals surface area contributed by atoms with Crippen molar-refractivity contribution in [2.75, 3.05) is 22.9 Å². The first-order chi connectivity index (χ1) is 16.0. The number of imidazole rings is 1. The van der Waals surface area contributed by atoms with E-state index in [-0.39, 0.29) is 23.7 Å². The zero-order chi connectivity index (χ0) is 23.1. The molecule has 2 aromatic heterocycles. The molecule has 0 radical (unpaired) electrons. The highest BCUT2D eigenvalue weighted by Crippen LogP contribution is 2.32. The minimum atomic E-state index is -1.28. The number of rotatable bonds is 7. The van der Waals surface area contributed by atoms with Crippen LogP contribution in [0.5, 0.6) is 0 Å². The van der Waals surface area contributed by atoms with E-state index in [1.165, 1.54) is 17.2 Å². The number of benzene rings is 1. The molecule has 2 aromatic carbocycles. The fourth-order valence-electron chi connectivity index (χ4n) is 3.90. The van der Waals surface area contributed by atoms with Crippen molar-refractivity contribution in [3.8, 4) is 0 Å². The van der Waals surface area contributed by atoms with Crippen LogP contribution in [0.1, 0.15) is 11.8 Å². The molecule has 0 aliphatic carbocycles. The second kappa shape index (κ2) is 8.24. The molecule has 0 bridgehead atoms. The maximum atomic E-state index is 12.1. The number of anilines is 3. The van der Waals surface area contributed by atoms with E-state index in [9.17, 15) is 19.8 Å². The van der Waals surface area contributed by atoms with Crippen molar-refractivity contribution in [3.63, 3.8) is 0 Å². The average Bonchev–Trinajstić information content (AvgIpc) is 3.38. The van der Waals surface area contributed by atoms with Crippen LogP contribution in [-0.2, 0) is 11.3 Å². The molecule has 5 rings (SSSR count). The van der Waals surface area contributed by atoms with Crippen LogP contribution in [0.15, 0.2) is 52.6 Å². The molecule has 4 atom stereocenters. The Morgan fingerprint density at radius 2 is 1.73 bits per heavy atom. The molecule has 12 heteroatoms. The van der Waals surface area contributed by atoms with Crippen LogP contribution < -0.4 is 27.2 Å². The van der Waals surface area contributed by atoms with Crippen LogP contribution in [0.25, 0.3) is 11.2 Å². The van der Waals surface area contributed by atoms with E-state index in [2.05, 4.69) is 25.6 Å². The number of hydrogen-bond acceptors (Lipinski definition) is 11. The number of aliphatic hydroxyl groups is 2. The highest BCUT2D eigenvalue weighted by atomic mass is 16.6. The Hall–Kier alpha value is -3.87. The molecule has 0 saturated carbocycles. The normalized spacial score (nSPS) is 22.7. The molecule has 12 nitrogen and oxygen atoms in total. The average molecular weight is 451 g/mol. The molecule has 1 saturated heterocycles. The van der Waals surface area contributed by atoms with Crippen LogP contribution >= 0.6 is 0 Å². The molecule has 0 unspecified atom stereocenters. The van der Waals surface area contributed by atoms with Crippen LogP contribution in [-0.4, -0.2) is 54.6 Å². The lowest BCUT2D eigenvalue weighted by Crippen LogP contribution is -2.41. The van der Waals surface area contributed by atoms with Gasteiger partial charge in [-0.25, -0.2) is 15.0 Å². The molecule has 33 heavy (non-hydrogen) atoms. The fraction of sp³-hybridized carbons (Fsp3) is 0.286. The molecule has 6 N–H and O–H groups in total.